The molecule has 2 amide bonds. The minimum absolute atomic E-state index is 0.113. The molecule has 1 heterocycles. The number of nitrogens with one attached hydrogen (secondary N) is 2. The van der Waals surface area contributed by atoms with Gasteiger partial charge in [0.05, 0.1) is 6.54 Å². The van der Waals surface area contributed by atoms with Crippen LogP contribution in [0.3, 0.4) is 0 Å². The number of aromatic nitrogens is 1. The predicted molar refractivity (Wildman–Crippen MR) is 80.8 cm³/mol. The largest absolute Gasteiger partial charge is 0.361 e. The first kappa shape index (κ1) is 15.2. The highest BCUT2D eigenvalue weighted by molar-refractivity contribution is 7.99. The molecule has 1 saturated carbocycles. The highest BCUT2D eigenvalue weighted by Gasteiger charge is 2.23. The van der Waals surface area contributed by atoms with Gasteiger partial charge in [-0.25, -0.2) is 4.79 Å². The van der Waals surface area contributed by atoms with Gasteiger partial charge in [-0.05, 0) is 31.9 Å². The maximum Gasteiger partial charge on any atom is 0.315 e. The van der Waals surface area contributed by atoms with Crippen LogP contribution in [0.2, 0.25) is 0 Å². The molecule has 2 rings (SSSR count). The van der Waals surface area contributed by atoms with Crippen molar-refractivity contribution in [3.05, 3.63) is 17.5 Å². The third kappa shape index (κ3) is 4.74. The van der Waals surface area contributed by atoms with Crippen LogP contribution < -0.4 is 10.6 Å². The minimum atomic E-state index is -0.113. The van der Waals surface area contributed by atoms with Crippen molar-refractivity contribution in [3.8, 4) is 0 Å². The van der Waals surface area contributed by atoms with Crippen LogP contribution in [0.1, 0.15) is 44.1 Å². The Hall–Kier alpha value is -1.17. The fraction of sp³-hybridized carbons (Fsp3) is 0.714. The van der Waals surface area contributed by atoms with Crippen LogP contribution in [0.25, 0.3) is 0 Å². The average Bonchev–Trinajstić information content (AvgIpc) is 2.83. The van der Waals surface area contributed by atoms with Gasteiger partial charge in [-0.1, -0.05) is 18.5 Å². The Labute approximate surface area is 124 Å². The van der Waals surface area contributed by atoms with E-state index in [2.05, 4.69) is 22.7 Å². The third-order valence-electron chi connectivity index (χ3n) is 3.47. The Balaban J connectivity index is 1.71. The Kier molecular flexibility index (Phi) is 5.76. The van der Waals surface area contributed by atoms with Gasteiger partial charge in [0.2, 0.25) is 0 Å². The zero-order chi connectivity index (χ0) is 14.4. The van der Waals surface area contributed by atoms with E-state index in [9.17, 15) is 4.79 Å². The molecule has 1 aromatic heterocycles. The van der Waals surface area contributed by atoms with Crippen molar-refractivity contribution in [2.75, 3.05) is 5.75 Å². The summed E-state index contributed by atoms with van der Waals surface area (Å²) in [6.45, 7) is 4.43. The normalized spacial score (nSPS) is 22.5. The molecular weight excluding hydrogens is 274 g/mol. The van der Waals surface area contributed by atoms with E-state index in [0.29, 0.717) is 17.8 Å². The topological polar surface area (TPSA) is 67.2 Å². The minimum Gasteiger partial charge on any atom is -0.361 e. The molecule has 1 fully saturated rings. The number of thioether (sulfide) groups is 1. The molecule has 0 spiro atoms. The molecule has 1 aliphatic carbocycles. The zero-order valence-corrected chi connectivity index (χ0v) is 13.0. The van der Waals surface area contributed by atoms with Gasteiger partial charge in [0.15, 0.2) is 0 Å². The van der Waals surface area contributed by atoms with Gasteiger partial charge in [-0.2, -0.15) is 11.8 Å². The van der Waals surface area contributed by atoms with Crippen LogP contribution in [0.5, 0.6) is 0 Å². The quantitative estimate of drug-likeness (QED) is 0.877. The van der Waals surface area contributed by atoms with Gasteiger partial charge >= 0.3 is 6.03 Å². The summed E-state index contributed by atoms with van der Waals surface area (Å²) < 4.78 is 4.96. The van der Waals surface area contributed by atoms with E-state index in [0.717, 1.165) is 30.0 Å². The van der Waals surface area contributed by atoms with E-state index in [1.807, 2.05) is 24.8 Å². The molecule has 0 bridgehead atoms. The van der Waals surface area contributed by atoms with Gasteiger partial charge in [-0.15, -0.1) is 0 Å². The number of hydrogen-bond donors (Lipinski definition) is 2. The van der Waals surface area contributed by atoms with Gasteiger partial charge in [0.25, 0.3) is 0 Å². The second-order valence-electron chi connectivity index (χ2n) is 5.20. The Bertz CT molecular complexity index is 434. The fourth-order valence-electron chi connectivity index (χ4n) is 2.57. The van der Waals surface area contributed by atoms with Crippen molar-refractivity contribution < 1.29 is 9.32 Å². The van der Waals surface area contributed by atoms with E-state index >= 15 is 0 Å². The van der Waals surface area contributed by atoms with Crippen molar-refractivity contribution in [2.24, 2.45) is 0 Å². The number of nitrogens with zero attached hydrogens (tertiary/aromatic N) is 1. The van der Waals surface area contributed by atoms with Crippen molar-refractivity contribution in [1.29, 1.82) is 0 Å². The third-order valence-corrected chi connectivity index (χ3v) is 4.70. The lowest BCUT2D eigenvalue weighted by atomic mass is 9.95. The number of urea groups is 1. The van der Waals surface area contributed by atoms with E-state index in [-0.39, 0.29) is 6.03 Å². The molecule has 5 nitrogen and oxygen atoms in total. The lowest BCUT2D eigenvalue weighted by molar-refractivity contribution is 0.232. The smallest absolute Gasteiger partial charge is 0.315 e. The summed E-state index contributed by atoms with van der Waals surface area (Å²) in [6.07, 6.45) is 4.63. The molecule has 112 valence electrons. The van der Waals surface area contributed by atoms with Gasteiger partial charge in [-0.3, -0.25) is 0 Å². The summed E-state index contributed by atoms with van der Waals surface area (Å²) in [6, 6.07) is 2.01. The monoisotopic (exact) mass is 297 g/mol. The lowest BCUT2D eigenvalue weighted by Crippen LogP contribution is -2.44. The number of hydrogen-bond acceptors (Lipinski definition) is 4. The van der Waals surface area contributed by atoms with E-state index < -0.39 is 0 Å². The molecule has 0 radical (unpaired) electrons. The van der Waals surface area contributed by atoms with Crippen LogP contribution in [0, 0.1) is 6.92 Å². The van der Waals surface area contributed by atoms with Gasteiger partial charge in [0, 0.05) is 17.4 Å². The van der Waals surface area contributed by atoms with Crippen LogP contribution in [0.4, 0.5) is 4.79 Å². The van der Waals surface area contributed by atoms with Crippen LogP contribution >= 0.6 is 11.8 Å². The standard InChI is InChI=1S/C14H23N3O2S/c1-3-20-13-6-4-5-11(8-13)16-14(18)15-9-12-7-10(2)19-17-12/h7,11,13H,3-6,8-9H2,1-2H3,(H2,15,16,18)/t11-,13-/m0/s1. The first-order valence-corrected chi connectivity index (χ1v) is 8.30. The maximum atomic E-state index is 11.9. The number of carbonyl (C=O) groups excluding carboxylic acids is 1. The molecule has 0 aromatic carbocycles. The molecule has 20 heavy (non-hydrogen) atoms. The summed E-state index contributed by atoms with van der Waals surface area (Å²) in [5.74, 6) is 1.91. The fourth-order valence-corrected chi connectivity index (χ4v) is 3.74. The SMILES string of the molecule is CCS[C@H]1CCC[C@H](NC(=O)NCc2cc(C)on2)C1. The Morgan fingerprint density at radius 2 is 2.40 bits per heavy atom. The first-order valence-electron chi connectivity index (χ1n) is 7.25. The highest BCUT2D eigenvalue weighted by Crippen LogP contribution is 2.28. The van der Waals surface area contributed by atoms with E-state index in [1.54, 1.807) is 0 Å². The second-order valence-corrected chi connectivity index (χ2v) is 6.77. The highest BCUT2D eigenvalue weighted by atomic mass is 32.2. The molecule has 6 heteroatoms. The maximum absolute atomic E-state index is 11.9. The molecule has 2 N–H and O–H groups in total. The summed E-state index contributed by atoms with van der Waals surface area (Å²) >= 11 is 2.00. The molecule has 1 aliphatic rings. The van der Waals surface area contributed by atoms with Crippen LogP contribution in [-0.2, 0) is 6.54 Å². The number of carbonyl (C=O) groups is 1. The summed E-state index contributed by atoms with van der Waals surface area (Å²) in [4.78, 5) is 11.9. The molecule has 2 atom stereocenters. The van der Waals surface area contributed by atoms with E-state index in [4.69, 9.17) is 4.52 Å². The number of rotatable bonds is 5. The Morgan fingerprint density at radius 3 is 3.10 bits per heavy atom. The van der Waals surface area contributed by atoms with Gasteiger partial charge < -0.3 is 15.2 Å². The average molecular weight is 297 g/mol. The molecule has 0 saturated heterocycles. The lowest BCUT2D eigenvalue weighted by Gasteiger charge is -2.29. The molecule has 0 aliphatic heterocycles. The zero-order valence-electron chi connectivity index (χ0n) is 12.1. The van der Waals surface area contributed by atoms with E-state index in [1.165, 1.54) is 12.8 Å². The van der Waals surface area contributed by atoms with Crippen LogP contribution in [0.15, 0.2) is 10.6 Å². The van der Waals surface area contributed by atoms with Crippen molar-refractivity contribution in [2.45, 2.75) is 57.4 Å². The first-order chi connectivity index (χ1) is 9.67. The molecular formula is C14H23N3O2S. The summed E-state index contributed by atoms with van der Waals surface area (Å²) in [5, 5.41) is 10.4. The predicted octanol–water partition coefficient (Wildman–Crippen LogP) is 2.85. The summed E-state index contributed by atoms with van der Waals surface area (Å²) in [7, 11) is 0. The van der Waals surface area contributed by atoms with Crippen LogP contribution in [-0.4, -0.2) is 28.2 Å². The molecule has 1 aromatic rings. The van der Waals surface area contributed by atoms with Crippen molar-refractivity contribution in [1.82, 2.24) is 15.8 Å². The second kappa shape index (κ2) is 7.57. The summed E-state index contributed by atoms with van der Waals surface area (Å²) in [5.41, 5.74) is 0.751. The number of amides is 2. The molecule has 0 unspecified atom stereocenters. The van der Waals surface area contributed by atoms with Crippen molar-refractivity contribution in [3.63, 3.8) is 0 Å². The van der Waals surface area contributed by atoms with Crippen molar-refractivity contribution >= 4 is 17.8 Å². The number of aryl methyl sites for hydroxylation is 1. The Morgan fingerprint density at radius 1 is 1.55 bits per heavy atom. The van der Waals surface area contributed by atoms with Gasteiger partial charge in [0.1, 0.15) is 11.5 Å².